The molecule has 2 aromatic rings. The first kappa shape index (κ1) is 11.1. The average Bonchev–Trinajstić information content (AvgIpc) is 2.71. The maximum Gasteiger partial charge on any atom is 0.343 e. The number of aromatic nitrogens is 3. The molecule has 0 amide bonds. The summed E-state index contributed by atoms with van der Waals surface area (Å²) in [5, 5.41) is 4.67. The quantitative estimate of drug-likeness (QED) is 0.637. The first-order valence-corrected chi connectivity index (χ1v) is 5.94. The predicted octanol–water partition coefficient (Wildman–Crippen LogP) is 1.80. The van der Waals surface area contributed by atoms with E-state index in [4.69, 9.17) is 4.74 Å². The van der Waals surface area contributed by atoms with Gasteiger partial charge < -0.3 is 4.74 Å². The molecule has 6 heteroatoms. The average molecular weight is 284 g/mol. The molecular weight excluding hydrogens is 274 g/mol. The van der Waals surface area contributed by atoms with E-state index in [-0.39, 0.29) is 0 Å². The molecule has 2 aromatic heterocycles. The molecule has 84 valence electrons. The highest BCUT2D eigenvalue weighted by molar-refractivity contribution is 9.08. The van der Waals surface area contributed by atoms with Crippen LogP contribution < -0.4 is 0 Å². The van der Waals surface area contributed by atoms with Gasteiger partial charge in [0.25, 0.3) is 0 Å². The van der Waals surface area contributed by atoms with E-state index in [1.807, 2.05) is 6.07 Å². The minimum Gasteiger partial charge on any atom is -0.462 e. The van der Waals surface area contributed by atoms with Crippen LogP contribution in [0.15, 0.2) is 18.5 Å². The van der Waals surface area contributed by atoms with Crippen molar-refractivity contribution < 1.29 is 9.53 Å². The van der Waals surface area contributed by atoms with Gasteiger partial charge in [0, 0.05) is 11.5 Å². The van der Waals surface area contributed by atoms with Gasteiger partial charge in [-0.3, -0.25) is 0 Å². The smallest absolute Gasteiger partial charge is 0.343 e. The monoisotopic (exact) mass is 283 g/mol. The van der Waals surface area contributed by atoms with E-state index in [1.54, 1.807) is 17.6 Å². The molecular formula is C10H10BrN3O2. The number of hydrogen-bond donors (Lipinski definition) is 0. The van der Waals surface area contributed by atoms with Gasteiger partial charge in [-0.25, -0.2) is 14.3 Å². The molecule has 0 aromatic carbocycles. The molecule has 0 atom stereocenters. The van der Waals surface area contributed by atoms with E-state index >= 15 is 0 Å². The molecule has 0 aliphatic heterocycles. The van der Waals surface area contributed by atoms with Crippen molar-refractivity contribution in [1.29, 1.82) is 0 Å². The summed E-state index contributed by atoms with van der Waals surface area (Å²) in [5.74, 6) is -0.392. The highest BCUT2D eigenvalue weighted by Crippen LogP contribution is 2.11. The van der Waals surface area contributed by atoms with E-state index in [0.717, 1.165) is 5.69 Å². The zero-order chi connectivity index (χ0) is 11.5. The standard InChI is InChI=1S/C10H10BrN3O2/c1-2-16-10(15)8-6-12-14-4-3-7(5-11)13-9(8)14/h3-4,6H,2,5H2,1H3. The van der Waals surface area contributed by atoms with E-state index in [2.05, 4.69) is 26.0 Å². The Bertz CT molecular complexity index is 524. The van der Waals surface area contributed by atoms with Gasteiger partial charge >= 0.3 is 5.97 Å². The van der Waals surface area contributed by atoms with Crippen molar-refractivity contribution in [3.05, 3.63) is 29.7 Å². The summed E-state index contributed by atoms with van der Waals surface area (Å²) in [4.78, 5) is 15.9. The molecule has 5 nitrogen and oxygen atoms in total. The molecule has 0 fully saturated rings. The van der Waals surface area contributed by atoms with E-state index in [0.29, 0.717) is 23.1 Å². The minimum absolute atomic E-state index is 0.342. The molecule has 0 bridgehead atoms. The molecule has 0 radical (unpaired) electrons. The van der Waals surface area contributed by atoms with Crippen LogP contribution in [0.1, 0.15) is 23.0 Å². The Balaban J connectivity index is 2.49. The second kappa shape index (κ2) is 4.61. The largest absolute Gasteiger partial charge is 0.462 e. The lowest BCUT2D eigenvalue weighted by molar-refractivity contribution is 0.0528. The van der Waals surface area contributed by atoms with Crippen LogP contribution in [-0.2, 0) is 10.1 Å². The van der Waals surface area contributed by atoms with Gasteiger partial charge in [-0.05, 0) is 13.0 Å². The van der Waals surface area contributed by atoms with Gasteiger partial charge in [0.1, 0.15) is 5.56 Å². The molecule has 0 aliphatic carbocycles. The number of rotatable bonds is 3. The first-order valence-electron chi connectivity index (χ1n) is 4.82. The maximum absolute atomic E-state index is 11.6. The lowest BCUT2D eigenvalue weighted by atomic mass is 10.3. The lowest BCUT2D eigenvalue weighted by Crippen LogP contribution is -2.05. The number of carbonyl (C=O) groups excluding carboxylic acids is 1. The van der Waals surface area contributed by atoms with Crippen LogP contribution in [0.25, 0.3) is 5.65 Å². The van der Waals surface area contributed by atoms with E-state index < -0.39 is 5.97 Å². The van der Waals surface area contributed by atoms with Crippen molar-refractivity contribution in [2.24, 2.45) is 0 Å². The number of ether oxygens (including phenoxy) is 1. The number of nitrogens with zero attached hydrogens (tertiary/aromatic N) is 3. The number of hydrogen-bond acceptors (Lipinski definition) is 4. The van der Waals surface area contributed by atoms with Crippen molar-refractivity contribution in [3.63, 3.8) is 0 Å². The minimum atomic E-state index is -0.392. The molecule has 0 aliphatic rings. The number of fused-ring (bicyclic) bond motifs is 1. The summed E-state index contributed by atoms with van der Waals surface area (Å²) in [6.07, 6.45) is 3.24. The Kier molecular flexibility index (Phi) is 3.19. The highest BCUT2D eigenvalue weighted by atomic mass is 79.9. The summed E-state index contributed by atoms with van der Waals surface area (Å²) in [6.45, 7) is 2.11. The molecule has 0 N–H and O–H groups in total. The van der Waals surface area contributed by atoms with Crippen molar-refractivity contribution in [1.82, 2.24) is 14.6 Å². The van der Waals surface area contributed by atoms with Crippen molar-refractivity contribution in [2.75, 3.05) is 6.61 Å². The van der Waals surface area contributed by atoms with Crippen LogP contribution in [0.3, 0.4) is 0 Å². The number of carbonyl (C=O) groups is 1. The van der Waals surface area contributed by atoms with E-state index in [9.17, 15) is 4.79 Å². The van der Waals surface area contributed by atoms with Gasteiger partial charge in [-0.15, -0.1) is 0 Å². The summed E-state index contributed by atoms with van der Waals surface area (Å²) in [6, 6.07) is 1.84. The van der Waals surface area contributed by atoms with Crippen molar-refractivity contribution >= 4 is 27.5 Å². The van der Waals surface area contributed by atoms with Crippen LogP contribution >= 0.6 is 15.9 Å². The normalized spacial score (nSPS) is 10.6. The van der Waals surface area contributed by atoms with Gasteiger partial charge in [0.05, 0.1) is 18.5 Å². The van der Waals surface area contributed by atoms with Gasteiger partial charge in [0.15, 0.2) is 5.65 Å². The predicted molar refractivity (Wildman–Crippen MR) is 61.6 cm³/mol. The van der Waals surface area contributed by atoms with Crippen LogP contribution in [0.5, 0.6) is 0 Å². The summed E-state index contributed by atoms with van der Waals surface area (Å²) in [7, 11) is 0. The molecule has 2 heterocycles. The fraction of sp³-hybridized carbons (Fsp3) is 0.300. The van der Waals surface area contributed by atoms with Crippen molar-refractivity contribution in [2.45, 2.75) is 12.3 Å². The number of esters is 1. The van der Waals surface area contributed by atoms with Gasteiger partial charge in [-0.2, -0.15) is 5.10 Å². The fourth-order valence-electron chi connectivity index (χ4n) is 1.33. The second-order valence-electron chi connectivity index (χ2n) is 3.10. The molecule has 16 heavy (non-hydrogen) atoms. The Morgan fingerprint density at radius 3 is 3.12 bits per heavy atom. The Hall–Kier alpha value is -1.43. The Morgan fingerprint density at radius 1 is 1.62 bits per heavy atom. The van der Waals surface area contributed by atoms with Gasteiger partial charge in [-0.1, -0.05) is 15.9 Å². The summed E-state index contributed by atoms with van der Waals surface area (Å²) < 4.78 is 6.48. The third-order valence-corrected chi connectivity index (χ3v) is 2.63. The molecule has 0 saturated heterocycles. The Labute approximate surface area is 101 Å². The summed E-state index contributed by atoms with van der Waals surface area (Å²) >= 11 is 3.32. The van der Waals surface area contributed by atoms with Crippen LogP contribution in [0, 0.1) is 0 Å². The zero-order valence-corrected chi connectivity index (χ0v) is 10.3. The SMILES string of the molecule is CCOC(=O)c1cnn2ccc(CBr)nc12. The first-order chi connectivity index (χ1) is 7.76. The van der Waals surface area contributed by atoms with Gasteiger partial charge in [0.2, 0.25) is 0 Å². The molecule has 0 spiro atoms. The third-order valence-electron chi connectivity index (χ3n) is 2.06. The fourth-order valence-corrected chi connectivity index (χ4v) is 1.65. The molecule has 0 unspecified atom stereocenters. The molecule has 2 rings (SSSR count). The topological polar surface area (TPSA) is 56.5 Å². The van der Waals surface area contributed by atoms with Crippen LogP contribution in [0.2, 0.25) is 0 Å². The van der Waals surface area contributed by atoms with E-state index in [1.165, 1.54) is 6.20 Å². The number of halogens is 1. The number of alkyl halides is 1. The highest BCUT2D eigenvalue weighted by Gasteiger charge is 2.14. The van der Waals surface area contributed by atoms with Crippen LogP contribution in [0.4, 0.5) is 0 Å². The molecule has 0 saturated carbocycles. The zero-order valence-electron chi connectivity index (χ0n) is 8.68. The lowest BCUT2D eigenvalue weighted by Gasteiger charge is -2.00. The van der Waals surface area contributed by atoms with Crippen LogP contribution in [-0.4, -0.2) is 27.2 Å². The summed E-state index contributed by atoms with van der Waals surface area (Å²) in [5.41, 5.74) is 1.76. The third kappa shape index (κ3) is 1.92. The second-order valence-corrected chi connectivity index (χ2v) is 3.66. The maximum atomic E-state index is 11.6. The van der Waals surface area contributed by atoms with Crippen molar-refractivity contribution in [3.8, 4) is 0 Å². The Morgan fingerprint density at radius 2 is 2.44 bits per heavy atom.